The van der Waals surface area contributed by atoms with Crippen molar-refractivity contribution in [1.29, 1.82) is 0 Å². The van der Waals surface area contributed by atoms with Gasteiger partial charge in [-0.05, 0) is 67.1 Å². The molecule has 0 saturated carbocycles. The number of hydrogen-bond donors (Lipinski definition) is 2. The summed E-state index contributed by atoms with van der Waals surface area (Å²) in [7, 11) is 1.53. The topological polar surface area (TPSA) is 67.4 Å². The first kappa shape index (κ1) is 24.0. The first-order valence-corrected chi connectivity index (χ1v) is 11.4. The number of rotatable bonds is 8. The number of methoxy groups -OCH3 is 1. The minimum Gasteiger partial charge on any atom is -0.495 e. The molecule has 0 bridgehead atoms. The fraction of sp³-hybridized carbons (Fsp3) is 0.167. The number of anilines is 2. The van der Waals surface area contributed by atoms with Crippen molar-refractivity contribution in [2.45, 2.75) is 23.5 Å². The Hall–Kier alpha value is -2.67. The van der Waals surface area contributed by atoms with Gasteiger partial charge in [-0.2, -0.15) is 0 Å². The Morgan fingerprint density at radius 1 is 0.938 bits per heavy atom. The van der Waals surface area contributed by atoms with Gasteiger partial charge in [0, 0.05) is 20.6 Å². The Bertz CT molecular complexity index is 1090. The standard InChI is InChI=1S/C24H22Cl2N2O3S/c1-15(24(30)28-21-14-18(26)7-12-22(21)31-2)32-20-10-8-19(9-11-20)27-23(29)13-16-3-5-17(25)6-4-16/h3-12,14-15H,13H2,1-2H3,(H,27,29)(H,28,30). The quantitative estimate of drug-likeness (QED) is 0.365. The molecule has 0 aliphatic rings. The number of ether oxygens (including phenoxy) is 1. The molecule has 0 fully saturated rings. The Kier molecular flexibility index (Phi) is 8.45. The van der Waals surface area contributed by atoms with E-state index in [0.717, 1.165) is 10.5 Å². The van der Waals surface area contributed by atoms with Crippen LogP contribution in [0.5, 0.6) is 5.75 Å². The van der Waals surface area contributed by atoms with E-state index in [9.17, 15) is 9.59 Å². The Labute approximate surface area is 201 Å². The molecule has 8 heteroatoms. The first-order valence-electron chi connectivity index (χ1n) is 9.79. The van der Waals surface area contributed by atoms with Crippen molar-refractivity contribution in [3.05, 3.63) is 82.3 Å². The van der Waals surface area contributed by atoms with Gasteiger partial charge < -0.3 is 15.4 Å². The summed E-state index contributed by atoms with van der Waals surface area (Å²) in [5.41, 5.74) is 2.10. The third-order valence-corrected chi connectivity index (χ3v) is 6.12. The van der Waals surface area contributed by atoms with E-state index in [1.54, 1.807) is 30.3 Å². The summed E-state index contributed by atoms with van der Waals surface area (Å²) in [5, 5.41) is 6.51. The van der Waals surface area contributed by atoms with Crippen molar-refractivity contribution < 1.29 is 14.3 Å². The van der Waals surface area contributed by atoms with E-state index in [2.05, 4.69) is 10.6 Å². The van der Waals surface area contributed by atoms with E-state index in [-0.39, 0.29) is 23.5 Å². The van der Waals surface area contributed by atoms with E-state index in [4.69, 9.17) is 27.9 Å². The summed E-state index contributed by atoms with van der Waals surface area (Å²) in [4.78, 5) is 25.8. The third-order valence-electron chi connectivity index (χ3n) is 4.52. The number of nitrogens with one attached hydrogen (secondary N) is 2. The second-order valence-corrected chi connectivity index (χ2v) is 9.26. The number of hydrogen-bond acceptors (Lipinski definition) is 4. The smallest absolute Gasteiger partial charge is 0.237 e. The van der Waals surface area contributed by atoms with Crippen molar-refractivity contribution in [2.75, 3.05) is 17.7 Å². The molecule has 5 nitrogen and oxygen atoms in total. The summed E-state index contributed by atoms with van der Waals surface area (Å²) in [6, 6.07) is 19.6. The molecule has 2 amide bonds. The fourth-order valence-electron chi connectivity index (χ4n) is 2.88. The molecule has 3 aromatic carbocycles. The molecule has 0 saturated heterocycles. The Morgan fingerprint density at radius 3 is 2.25 bits per heavy atom. The zero-order valence-electron chi connectivity index (χ0n) is 17.5. The maximum Gasteiger partial charge on any atom is 0.237 e. The van der Waals surface area contributed by atoms with Crippen LogP contribution in [0.2, 0.25) is 10.0 Å². The highest BCUT2D eigenvalue weighted by molar-refractivity contribution is 8.00. The molecule has 3 rings (SSSR count). The van der Waals surface area contributed by atoms with E-state index in [1.807, 2.05) is 43.3 Å². The van der Waals surface area contributed by atoms with Crippen LogP contribution in [0.15, 0.2) is 71.6 Å². The lowest BCUT2D eigenvalue weighted by Crippen LogP contribution is -2.22. The molecule has 0 aliphatic heterocycles. The first-order chi connectivity index (χ1) is 15.3. The van der Waals surface area contributed by atoms with E-state index >= 15 is 0 Å². The van der Waals surface area contributed by atoms with Crippen molar-refractivity contribution in [3.8, 4) is 5.75 Å². The SMILES string of the molecule is COc1ccc(Cl)cc1NC(=O)C(C)Sc1ccc(NC(=O)Cc2ccc(Cl)cc2)cc1. The van der Waals surface area contributed by atoms with Crippen LogP contribution in [0, 0.1) is 0 Å². The van der Waals surface area contributed by atoms with Gasteiger partial charge in [-0.15, -0.1) is 11.8 Å². The average molecular weight is 489 g/mol. The van der Waals surface area contributed by atoms with Gasteiger partial charge in [-0.1, -0.05) is 35.3 Å². The van der Waals surface area contributed by atoms with Gasteiger partial charge in [-0.3, -0.25) is 9.59 Å². The lowest BCUT2D eigenvalue weighted by atomic mass is 10.1. The predicted octanol–water partition coefficient (Wildman–Crippen LogP) is 6.30. The Morgan fingerprint density at radius 2 is 1.59 bits per heavy atom. The third kappa shape index (κ3) is 6.92. The molecule has 1 unspecified atom stereocenters. The number of halogens is 2. The molecule has 1 atom stereocenters. The minimum absolute atomic E-state index is 0.115. The van der Waals surface area contributed by atoms with E-state index < -0.39 is 0 Å². The number of benzene rings is 3. The van der Waals surface area contributed by atoms with Crippen LogP contribution in [-0.4, -0.2) is 24.2 Å². The van der Waals surface area contributed by atoms with Crippen molar-refractivity contribution in [2.24, 2.45) is 0 Å². The van der Waals surface area contributed by atoms with Crippen LogP contribution in [0.4, 0.5) is 11.4 Å². The highest BCUT2D eigenvalue weighted by atomic mass is 35.5. The molecule has 0 heterocycles. The van der Waals surface area contributed by atoms with Crippen molar-refractivity contribution >= 4 is 58.2 Å². The van der Waals surface area contributed by atoms with Gasteiger partial charge >= 0.3 is 0 Å². The van der Waals surface area contributed by atoms with Crippen LogP contribution in [0.3, 0.4) is 0 Å². The summed E-state index contributed by atoms with van der Waals surface area (Å²) in [6.45, 7) is 1.82. The molecule has 3 aromatic rings. The number of thioether (sulfide) groups is 1. The maximum atomic E-state index is 12.6. The van der Waals surface area contributed by atoms with Crippen LogP contribution >= 0.6 is 35.0 Å². The monoisotopic (exact) mass is 488 g/mol. The molecular weight excluding hydrogens is 467 g/mol. The van der Waals surface area contributed by atoms with Gasteiger partial charge in [0.1, 0.15) is 5.75 Å². The summed E-state index contributed by atoms with van der Waals surface area (Å²) in [6.07, 6.45) is 0.262. The molecule has 2 N–H and O–H groups in total. The normalized spacial score (nSPS) is 11.5. The molecule has 32 heavy (non-hydrogen) atoms. The average Bonchev–Trinajstić information content (AvgIpc) is 2.77. The second-order valence-electron chi connectivity index (χ2n) is 6.97. The molecule has 0 aromatic heterocycles. The zero-order chi connectivity index (χ0) is 23.1. The Balaban J connectivity index is 1.54. The van der Waals surface area contributed by atoms with Gasteiger partial charge in [0.2, 0.25) is 11.8 Å². The second kappa shape index (κ2) is 11.3. The lowest BCUT2D eigenvalue weighted by Gasteiger charge is -2.15. The highest BCUT2D eigenvalue weighted by Crippen LogP contribution is 2.30. The molecular formula is C24H22Cl2N2O3S. The van der Waals surface area contributed by atoms with E-state index in [1.165, 1.54) is 18.9 Å². The molecule has 0 spiro atoms. The van der Waals surface area contributed by atoms with Crippen molar-refractivity contribution in [1.82, 2.24) is 0 Å². The van der Waals surface area contributed by atoms with Gasteiger partial charge in [0.05, 0.1) is 24.5 Å². The van der Waals surface area contributed by atoms with Gasteiger partial charge in [0.15, 0.2) is 0 Å². The van der Waals surface area contributed by atoms with Crippen LogP contribution in [0.25, 0.3) is 0 Å². The minimum atomic E-state index is -0.357. The molecule has 0 radical (unpaired) electrons. The fourth-order valence-corrected chi connectivity index (χ4v) is 4.05. The van der Waals surface area contributed by atoms with E-state index in [0.29, 0.717) is 27.2 Å². The summed E-state index contributed by atoms with van der Waals surface area (Å²) in [5.74, 6) is 0.255. The van der Waals surface area contributed by atoms with Crippen LogP contribution < -0.4 is 15.4 Å². The predicted molar refractivity (Wildman–Crippen MR) is 132 cm³/mol. The zero-order valence-corrected chi connectivity index (χ0v) is 19.9. The number of amides is 2. The van der Waals surface area contributed by atoms with Crippen molar-refractivity contribution in [3.63, 3.8) is 0 Å². The highest BCUT2D eigenvalue weighted by Gasteiger charge is 2.17. The number of carbonyl (C=O) groups excluding carboxylic acids is 2. The summed E-state index contributed by atoms with van der Waals surface area (Å²) < 4.78 is 5.27. The lowest BCUT2D eigenvalue weighted by molar-refractivity contribution is -0.116. The van der Waals surface area contributed by atoms with Gasteiger partial charge in [-0.25, -0.2) is 0 Å². The molecule has 0 aliphatic carbocycles. The summed E-state index contributed by atoms with van der Waals surface area (Å²) >= 11 is 13.3. The maximum absolute atomic E-state index is 12.6. The van der Waals surface area contributed by atoms with Gasteiger partial charge in [0.25, 0.3) is 0 Å². The molecule has 166 valence electrons. The number of carbonyl (C=O) groups is 2. The van der Waals surface area contributed by atoms with Crippen LogP contribution in [-0.2, 0) is 16.0 Å². The van der Waals surface area contributed by atoms with Crippen LogP contribution in [0.1, 0.15) is 12.5 Å². The largest absolute Gasteiger partial charge is 0.495 e.